The molecule has 14 heavy (non-hydrogen) atoms. The van der Waals surface area contributed by atoms with E-state index >= 15 is 0 Å². The first-order valence-electron chi connectivity index (χ1n) is 5.47. The van der Waals surface area contributed by atoms with Crippen molar-refractivity contribution in [2.45, 2.75) is 38.7 Å². The Morgan fingerprint density at radius 2 is 2.07 bits per heavy atom. The molecule has 2 rings (SSSR count). The molecule has 0 radical (unpaired) electrons. The summed E-state index contributed by atoms with van der Waals surface area (Å²) in [5.41, 5.74) is 0. The molecule has 0 saturated carbocycles. The molecule has 3 heteroatoms. The maximum atomic E-state index is 9.09. The van der Waals surface area contributed by atoms with Crippen molar-refractivity contribution in [3.05, 3.63) is 21.7 Å². The molecule has 0 spiro atoms. The smallest absolute Gasteiger partial charge is 0.107 e. The van der Waals surface area contributed by atoms with Crippen molar-refractivity contribution in [2.75, 3.05) is 6.61 Å². The van der Waals surface area contributed by atoms with Gasteiger partial charge in [-0.1, -0.05) is 47.9 Å². The topological polar surface area (TPSA) is 20.2 Å². The van der Waals surface area contributed by atoms with Crippen LogP contribution in [0.15, 0.2) is 21.7 Å². The van der Waals surface area contributed by atoms with Gasteiger partial charge in [0.25, 0.3) is 0 Å². The maximum absolute atomic E-state index is 9.09. The predicted molar refractivity (Wildman–Crippen MR) is 66.6 cm³/mol. The minimum absolute atomic E-state index is 0.362. The number of allylic oxidation sites excluding steroid dienone is 4. The average Bonchev–Trinajstić information content (AvgIpc) is 2.49. The van der Waals surface area contributed by atoms with E-state index in [9.17, 15) is 0 Å². The summed E-state index contributed by atoms with van der Waals surface area (Å²) < 4.78 is 0. The van der Waals surface area contributed by atoms with Gasteiger partial charge >= 0.3 is 0 Å². The molecule has 1 nitrogen and oxygen atoms in total. The number of aliphatic hydroxyl groups excluding tert-OH is 1. The summed E-state index contributed by atoms with van der Waals surface area (Å²) in [4.78, 5) is 0. The molecule has 0 unspecified atom stereocenters. The minimum atomic E-state index is -1.29. The van der Waals surface area contributed by atoms with Crippen molar-refractivity contribution >= 4 is 16.1 Å². The molecule has 1 aliphatic heterocycles. The van der Waals surface area contributed by atoms with Crippen molar-refractivity contribution in [2.24, 2.45) is 0 Å². The molecule has 0 fully saturated rings. The van der Waals surface area contributed by atoms with Gasteiger partial charge in [0.15, 0.2) is 0 Å². The molecule has 0 aromatic carbocycles. The van der Waals surface area contributed by atoms with Gasteiger partial charge in [-0.25, -0.2) is 0 Å². The molecule has 0 atom stereocenters. The van der Waals surface area contributed by atoms with E-state index in [1.54, 1.807) is 15.6 Å². The highest BCUT2D eigenvalue weighted by molar-refractivity contribution is 7.06. The van der Waals surface area contributed by atoms with E-state index in [4.69, 9.17) is 5.11 Å². The van der Waals surface area contributed by atoms with Crippen molar-refractivity contribution in [3.63, 3.8) is 0 Å². The molecule has 0 aromatic heterocycles. The van der Waals surface area contributed by atoms with E-state index in [0.29, 0.717) is 6.61 Å². The fourth-order valence-electron chi connectivity index (χ4n) is 2.74. The third-order valence-corrected chi connectivity index (χ3v) is 11.0. The maximum Gasteiger partial charge on any atom is 0.107 e. The summed E-state index contributed by atoms with van der Waals surface area (Å²) >= 11 is 0. The highest BCUT2D eigenvalue weighted by atomic mass is 28.3. The average molecular weight is 224 g/mol. The van der Waals surface area contributed by atoms with Crippen LogP contribution in [0.4, 0.5) is 0 Å². The lowest BCUT2D eigenvalue weighted by Crippen LogP contribution is -2.32. The second-order valence-electron chi connectivity index (χ2n) is 5.66. The van der Waals surface area contributed by atoms with Crippen LogP contribution in [0, 0.1) is 0 Å². The Labute approximate surface area is 88.6 Å². The second kappa shape index (κ2) is 2.93. The summed E-state index contributed by atoms with van der Waals surface area (Å²) in [5, 5.41) is 14.4. The summed E-state index contributed by atoms with van der Waals surface area (Å²) in [6.45, 7) is 10.1. The van der Waals surface area contributed by atoms with E-state index in [1.165, 1.54) is 6.42 Å². The van der Waals surface area contributed by atoms with Gasteiger partial charge in [-0.3, -0.25) is 0 Å². The van der Waals surface area contributed by atoms with Gasteiger partial charge in [0.05, 0.1) is 8.07 Å². The van der Waals surface area contributed by atoms with Gasteiger partial charge < -0.3 is 5.11 Å². The Hall–Kier alpha value is -0.126. The van der Waals surface area contributed by atoms with Crippen LogP contribution < -0.4 is 0 Å². The van der Waals surface area contributed by atoms with Crippen molar-refractivity contribution < 1.29 is 5.11 Å². The molecule has 0 amide bonds. The normalized spacial score (nSPS) is 23.6. The SMILES string of the molecule is C[Si](C)(CCO)C1=CCC2=C1[Si]2(C)C. The lowest BCUT2D eigenvalue weighted by atomic mass is 10.5. The summed E-state index contributed by atoms with van der Waals surface area (Å²) in [7, 11) is -2.28. The number of aliphatic hydroxyl groups is 1. The van der Waals surface area contributed by atoms with Gasteiger partial charge in [0.1, 0.15) is 8.07 Å². The van der Waals surface area contributed by atoms with Crippen LogP contribution in [-0.4, -0.2) is 27.9 Å². The van der Waals surface area contributed by atoms with Crippen molar-refractivity contribution in [3.8, 4) is 0 Å². The second-order valence-corrected chi connectivity index (χ2v) is 14.8. The standard InChI is InChI=1S/C11H20OSi2/c1-13(2,8-7-12)9-5-6-10-11(9)14(10,3)4/h5,12H,6-8H2,1-4H3. The van der Waals surface area contributed by atoms with Gasteiger partial charge in [0.2, 0.25) is 0 Å². The van der Waals surface area contributed by atoms with Gasteiger partial charge in [0, 0.05) is 6.61 Å². The molecule has 1 heterocycles. The number of hydrogen-bond acceptors (Lipinski definition) is 1. The van der Waals surface area contributed by atoms with Crippen LogP contribution in [0.1, 0.15) is 6.42 Å². The van der Waals surface area contributed by atoms with Gasteiger partial charge in [-0.05, 0) is 12.5 Å². The number of hydrogen-bond donors (Lipinski definition) is 1. The van der Waals surface area contributed by atoms with Gasteiger partial charge in [-0.15, -0.1) is 0 Å². The van der Waals surface area contributed by atoms with Crippen LogP contribution >= 0.6 is 0 Å². The largest absolute Gasteiger partial charge is 0.397 e. The molecule has 0 saturated heterocycles. The highest BCUT2D eigenvalue weighted by Gasteiger charge is 2.53. The minimum Gasteiger partial charge on any atom is -0.397 e. The van der Waals surface area contributed by atoms with E-state index in [2.05, 4.69) is 32.3 Å². The van der Waals surface area contributed by atoms with Crippen molar-refractivity contribution in [1.82, 2.24) is 0 Å². The lowest BCUT2D eigenvalue weighted by molar-refractivity contribution is 0.316. The zero-order valence-electron chi connectivity index (χ0n) is 9.65. The van der Waals surface area contributed by atoms with Crippen LogP contribution in [-0.2, 0) is 0 Å². The van der Waals surface area contributed by atoms with E-state index in [0.717, 1.165) is 6.04 Å². The Balaban J connectivity index is 2.19. The predicted octanol–water partition coefficient (Wildman–Crippen LogP) is 2.65. The lowest BCUT2D eigenvalue weighted by Gasteiger charge is -2.26. The Morgan fingerprint density at radius 3 is 2.50 bits per heavy atom. The first kappa shape index (κ1) is 10.4. The van der Waals surface area contributed by atoms with Gasteiger partial charge in [-0.2, -0.15) is 0 Å². The summed E-state index contributed by atoms with van der Waals surface area (Å²) in [6, 6.07) is 1.03. The zero-order chi connectivity index (χ0) is 10.6. The van der Waals surface area contributed by atoms with Crippen LogP contribution in [0.2, 0.25) is 32.2 Å². The highest BCUT2D eigenvalue weighted by Crippen LogP contribution is 2.54. The molecule has 1 N–H and O–H groups in total. The van der Waals surface area contributed by atoms with Crippen LogP contribution in [0.25, 0.3) is 0 Å². The summed E-state index contributed by atoms with van der Waals surface area (Å²) in [5.74, 6) is 0. The van der Waals surface area contributed by atoms with E-state index in [1.807, 2.05) is 0 Å². The molecular formula is C11H20OSi2. The Morgan fingerprint density at radius 1 is 1.43 bits per heavy atom. The summed E-state index contributed by atoms with van der Waals surface area (Å²) in [6.07, 6.45) is 3.69. The van der Waals surface area contributed by atoms with Crippen molar-refractivity contribution in [1.29, 1.82) is 0 Å². The van der Waals surface area contributed by atoms with E-state index in [-0.39, 0.29) is 0 Å². The Bertz CT molecular complexity index is 337. The zero-order valence-corrected chi connectivity index (χ0v) is 11.6. The monoisotopic (exact) mass is 224 g/mol. The fourth-order valence-corrected chi connectivity index (χ4v) is 10.6. The van der Waals surface area contributed by atoms with Crippen LogP contribution in [0.5, 0.6) is 0 Å². The fraction of sp³-hybridized carbons (Fsp3) is 0.636. The molecule has 78 valence electrons. The Kier molecular flexibility index (Phi) is 2.18. The molecule has 0 bridgehead atoms. The first-order valence-corrected chi connectivity index (χ1v) is 11.7. The molecular weight excluding hydrogens is 204 g/mol. The van der Waals surface area contributed by atoms with E-state index < -0.39 is 16.1 Å². The molecule has 0 aromatic rings. The molecule has 1 aliphatic carbocycles. The van der Waals surface area contributed by atoms with Crippen LogP contribution in [0.3, 0.4) is 0 Å². The first-order chi connectivity index (χ1) is 6.41. The third-order valence-electron chi connectivity index (χ3n) is 3.86. The number of rotatable bonds is 3. The third kappa shape index (κ3) is 1.30. The quantitative estimate of drug-likeness (QED) is 0.731. The molecule has 2 aliphatic rings.